The summed E-state index contributed by atoms with van der Waals surface area (Å²) in [4.78, 5) is 0. The van der Waals surface area contributed by atoms with E-state index in [1.807, 2.05) is 0 Å². The molecule has 2 heterocycles. The molecule has 0 atom stereocenters. The predicted octanol–water partition coefficient (Wildman–Crippen LogP) is 2.44. The van der Waals surface area contributed by atoms with E-state index < -0.39 is 9.84 Å². The van der Waals surface area contributed by atoms with Gasteiger partial charge in [-0.05, 0) is 64.6 Å². The van der Waals surface area contributed by atoms with Gasteiger partial charge in [0.05, 0.1) is 22.7 Å². The Morgan fingerprint density at radius 2 is 1.40 bits per heavy atom. The molecule has 114 valence electrons. The topological polar surface area (TPSA) is 52.6 Å². The molecule has 0 aromatic heterocycles. The second-order valence-corrected chi connectivity index (χ2v) is 10.2. The fraction of sp³-hybridized carbons (Fsp3) is 1.00. The first kappa shape index (κ1) is 14.9. The summed E-state index contributed by atoms with van der Waals surface area (Å²) in [5.74, 6) is 1.16. The van der Waals surface area contributed by atoms with Crippen LogP contribution in [0.25, 0.3) is 0 Å². The van der Waals surface area contributed by atoms with Gasteiger partial charge >= 0.3 is 7.12 Å². The first-order valence-corrected chi connectivity index (χ1v) is 9.43. The highest BCUT2D eigenvalue weighted by molar-refractivity contribution is 7.91. The van der Waals surface area contributed by atoms with Crippen molar-refractivity contribution in [2.45, 2.75) is 70.4 Å². The van der Waals surface area contributed by atoms with Crippen LogP contribution in [0.3, 0.4) is 0 Å². The normalized spacial score (nSPS) is 34.1. The Labute approximate surface area is 122 Å². The maximum Gasteiger partial charge on any atom is 0.461 e. The Balaban J connectivity index is 1.60. The summed E-state index contributed by atoms with van der Waals surface area (Å²) in [5, 5.41) is 0. The van der Waals surface area contributed by atoms with Gasteiger partial charge in [-0.25, -0.2) is 8.42 Å². The van der Waals surface area contributed by atoms with Crippen LogP contribution in [0, 0.1) is 5.41 Å². The van der Waals surface area contributed by atoms with Gasteiger partial charge in [-0.15, -0.1) is 0 Å². The van der Waals surface area contributed by atoms with Crippen LogP contribution in [-0.4, -0.2) is 38.2 Å². The fourth-order valence-electron chi connectivity index (χ4n) is 3.71. The van der Waals surface area contributed by atoms with E-state index in [1.54, 1.807) is 0 Å². The molecule has 0 amide bonds. The molecule has 3 fully saturated rings. The maximum atomic E-state index is 11.5. The lowest BCUT2D eigenvalue weighted by atomic mass is 9.47. The minimum absolute atomic E-state index is 0.121. The molecule has 1 saturated carbocycles. The minimum Gasteiger partial charge on any atom is -0.403 e. The average molecular weight is 300 g/mol. The van der Waals surface area contributed by atoms with E-state index in [1.165, 1.54) is 0 Å². The molecule has 0 radical (unpaired) electrons. The second-order valence-electron chi connectivity index (χ2n) is 7.94. The summed E-state index contributed by atoms with van der Waals surface area (Å²) < 4.78 is 35.3. The van der Waals surface area contributed by atoms with E-state index in [0.717, 1.165) is 25.7 Å². The molecule has 1 aliphatic carbocycles. The zero-order valence-corrected chi connectivity index (χ0v) is 13.8. The third-order valence-electron chi connectivity index (χ3n) is 5.93. The van der Waals surface area contributed by atoms with E-state index in [0.29, 0.717) is 17.3 Å². The van der Waals surface area contributed by atoms with E-state index in [4.69, 9.17) is 9.31 Å². The quantitative estimate of drug-likeness (QED) is 0.698. The largest absolute Gasteiger partial charge is 0.461 e. The van der Waals surface area contributed by atoms with Gasteiger partial charge in [-0.1, -0.05) is 0 Å². The molecular weight excluding hydrogens is 275 g/mol. The molecule has 2 saturated heterocycles. The minimum atomic E-state index is -2.77. The molecule has 20 heavy (non-hydrogen) atoms. The van der Waals surface area contributed by atoms with Crippen LogP contribution in [0.5, 0.6) is 0 Å². The van der Waals surface area contributed by atoms with Crippen LogP contribution < -0.4 is 0 Å². The monoisotopic (exact) mass is 300 g/mol. The third-order valence-corrected chi connectivity index (χ3v) is 7.59. The Morgan fingerprint density at radius 3 is 1.85 bits per heavy atom. The average Bonchev–Trinajstić information content (AvgIpc) is 2.45. The Hall–Kier alpha value is -0.0651. The van der Waals surface area contributed by atoms with Crippen LogP contribution in [-0.2, 0) is 19.1 Å². The van der Waals surface area contributed by atoms with Crippen LogP contribution in [0.2, 0.25) is 5.82 Å². The molecule has 1 spiro atoms. The van der Waals surface area contributed by atoms with Crippen LogP contribution in [0.15, 0.2) is 0 Å². The van der Waals surface area contributed by atoms with E-state index >= 15 is 0 Å². The smallest absolute Gasteiger partial charge is 0.403 e. The first-order valence-electron chi connectivity index (χ1n) is 7.60. The Kier molecular flexibility index (Phi) is 3.14. The molecule has 3 aliphatic rings. The highest BCUT2D eigenvalue weighted by atomic mass is 32.2. The zero-order chi connectivity index (χ0) is 14.8. The van der Waals surface area contributed by atoms with E-state index in [-0.39, 0.29) is 23.7 Å². The van der Waals surface area contributed by atoms with Gasteiger partial charge < -0.3 is 9.31 Å². The molecule has 0 unspecified atom stereocenters. The van der Waals surface area contributed by atoms with E-state index in [9.17, 15) is 8.42 Å². The summed E-state index contributed by atoms with van der Waals surface area (Å²) in [7, 11) is -2.89. The SMILES string of the molecule is CC1(C)OB(C2CC3(CCS(=O)(=O)CC3)C2)OC1(C)C. The number of hydrogen-bond acceptors (Lipinski definition) is 4. The number of sulfone groups is 1. The van der Waals surface area contributed by atoms with Crippen molar-refractivity contribution in [3.8, 4) is 0 Å². The lowest BCUT2D eigenvalue weighted by molar-refractivity contribution is 0.00578. The molecule has 0 aromatic rings. The summed E-state index contributed by atoms with van der Waals surface area (Å²) in [6.45, 7) is 8.31. The standard InChI is InChI=1S/C14H25BO4S/c1-12(2)13(3,4)19-15(18-12)11-9-14(10-11)5-7-20(16,17)8-6-14/h11H,5-10H2,1-4H3. The Morgan fingerprint density at radius 1 is 0.950 bits per heavy atom. The summed E-state index contributed by atoms with van der Waals surface area (Å²) >= 11 is 0. The van der Waals surface area contributed by atoms with Gasteiger partial charge in [0.15, 0.2) is 0 Å². The maximum absolute atomic E-state index is 11.5. The Bertz CT molecular complexity index is 473. The van der Waals surface area contributed by atoms with Gasteiger partial charge in [0.25, 0.3) is 0 Å². The van der Waals surface area contributed by atoms with Gasteiger partial charge in [0.1, 0.15) is 9.84 Å². The van der Waals surface area contributed by atoms with Crippen molar-refractivity contribution in [2.75, 3.05) is 11.5 Å². The third kappa shape index (κ3) is 2.33. The molecule has 6 heteroatoms. The molecule has 0 N–H and O–H groups in total. The van der Waals surface area contributed by atoms with Crippen molar-refractivity contribution in [3.63, 3.8) is 0 Å². The van der Waals surface area contributed by atoms with Crippen molar-refractivity contribution >= 4 is 17.0 Å². The molecule has 4 nitrogen and oxygen atoms in total. The molecule has 0 aromatic carbocycles. The second kappa shape index (κ2) is 4.23. The fourth-order valence-corrected chi connectivity index (χ4v) is 5.40. The lowest BCUT2D eigenvalue weighted by Gasteiger charge is -2.50. The van der Waals surface area contributed by atoms with Crippen LogP contribution in [0.4, 0.5) is 0 Å². The van der Waals surface area contributed by atoms with Crippen LogP contribution in [0.1, 0.15) is 53.4 Å². The van der Waals surface area contributed by atoms with Gasteiger partial charge in [-0.2, -0.15) is 0 Å². The highest BCUT2D eigenvalue weighted by Gasteiger charge is 2.59. The first-order chi connectivity index (χ1) is 9.04. The van der Waals surface area contributed by atoms with Crippen molar-refractivity contribution in [3.05, 3.63) is 0 Å². The lowest BCUT2D eigenvalue weighted by Crippen LogP contribution is -2.46. The van der Waals surface area contributed by atoms with Gasteiger partial charge in [0.2, 0.25) is 0 Å². The molecular formula is C14H25BO4S. The van der Waals surface area contributed by atoms with Crippen molar-refractivity contribution in [1.29, 1.82) is 0 Å². The predicted molar refractivity (Wildman–Crippen MR) is 79.4 cm³/mol. The summed E-state index contributed by atoms with van der Waals surface area (Å²) in [5.41, 5.74) is -0.285. The molecule has 3 rings (SSSR count). The van der Waals surface area contributed by atoms with Crippen molar-refractivity contribution in [1.82, 2.24) is 0 Å². The van der Waals surface area contributed by atoms with Gasteiger partial charge in [-0.3, -0.25) is 0 Å². The number of rotatable bonds is 1. The molecule has 0 bridgehead atoms. The summed E-state index contributed by atoms with van der Waals surface area (Å²) in [6.07, 6.45) is 3.76. The van der Waals surface area contributed by atoms with Crippen LogP contribution >= 0.6 is 0 Å². The van der Waals surface area contributed by atoms with E-state index in [2.05, 4.69) is 27.7 Å². The summed E-state index contributed by atoms with van der Waals surface area (Å²) in [6, 6.07) is 0. The highest BCUT2D eigenvalue weighted by Crippen LogP contribution is 2.59. The van der Waals surface area contributed by atoms with Crippen molar-refractivity contribution < 1.29 is 17.7 Å². The molecule has 2 aliphatic heterocycles. The number of hydrogen-bond donors (Lipinski definition) is 0. The van der Waals surface area contributed by atoms with Crippen molar-refractivity contribution in [2.24, 2.45) is 5.41 Å². The zero-order valence-electron chi connectivity index (χ0n) is 12.9. The van der Waals surface area contributed by atoms with Gasteiger partial charge in [0, 0.05) is 0 Å².